The van der Waals surface area contributed by atoms with Crippen LogP contribution in [0.15, 0.2) is 82.6 Å². The maximum Gasteiger partial charge on any atom is 0.210 e. The first-order chi connectivity index (χ1) is 15.4. The van der Waals surface area contributed by atoms with Gasteiger partial charge in [-0.2, -0.15) is 0 Å². The van der Waals surface area contributed by atoms with Crippen LogP contribution >= 0.6 is 0 Å². The van der Waals surface area contributed by atoms with E-state index in [2.05, 4.69) is 11.8 Å². The Morgan fingerprint density at radius 3 is 2.03 bits per heavy atom. The molecule has 6 heteroatoms. The van der Waals surface area contributed by atoms with Gasteiger partial charge in [0.15, 0.2) is 0 Å². The number of rotatable bonds is 4. The van der Waals surface area contributed by atoms with Crippen LogP contribution in [0.1, 0.15) is 37.7 Å². The van der Waals surface area contributed by atoms with Gasteiger partial charge in [-0.15, -0.1) is 0 Å². The fraction of sp³-hybridized carbons (Fsp3) is 0.231. The highest BCUT2D eigenvalue weighted by atomic mass is 32.2. The van der Waals surface area contributed by atoms with Crippen molar-refractivity contribution < 1.29 is 23.4 Å². The third-order valence-corrected chi connectivity index (χ3v) is 7.32. The SMILES string of the molecule is O=S(=O)(c1ccc(Oc2ccc(C#CC3(O)CCCCC3)cc2)cc1)c1ccccc1O. The molecule has 0 bridgehead atoms. The Bertz CT molecular complexity index is 1240. The van der Waals surface area contributed by atoms with Crippen molar-refractivity contribution >= 4 is 9.84 Å². The van der Waals surface area contributed by atoms with Crippen molar-refractivity contribution in [2.24, 2.45) is 0 Å². The summed E-state index contributed by atoms with van der Waals surface area (Å²) in [4.78, 5) is -0.0686. The van der Waals surface area contributed by atoms with E-state index in [1.165, 1.54) is 24.3 Å². The van der Waals surface area contributed by atoms with Gasteiger partial charge in [-0.1, -0.05) is 30.4 Å². The van der Waals surface area contributed by atoms with Crippen LogP contribution in [-0.4, -0.2) is 24.2 Å². The number of aliphatic hydroxyl groups is 1. The first kappa shape index (κ1) is 21.9. The van der Waals surface area contributed by atoms with Gasteiger partial charge < -0.3 is 14.9 Å². The molecule has 0 atom stereocenters. The normalized spacial score (nSPS) is 15.4. The van der Waals surface area contributed by atoms with Crippen LogP contribution in [0.4, 0.5) is 0 Å². The number of aromatic hydroxyl groups is 1. The summed E-state index contributed by atoms with van der Waals surface area (Å²) in [7, 11) is -3.83. The van der Waals surface area contributed by atoms with E-state index < -0.39 is 15.4 Å². The Kier molecular flexibility index (Phi) is 6.22. The Labute approximate surface area is 188 Å². The van der Waals surface area contributed by atoms with E-state index in [1.807, 2.05) is 12.1 Å². The summed E-state index contributed by atoms with van der Waals surface area (Å²) < 4.78 is 31.3. The lowest BCUT2D eigenvalue weighted by atomic mass is 9.85. The number of hydrogen-bond donors (Lipinski definition) is 2. The van der Waals surface area contributed by atoms with Gasteiger partial charge in [0.1, 0.15) is 27.7 Å². The lowest BCUT2D eigenvalue weighted by molar-refractivity contribution is 0.0610. The molecule has 1 aliphatic carbocycles. The summed E-state index contributed by atoms with van der Waals surface area (Å²) in [6.45, 7) is 0. The first-order valence-electron chi connectivity index (χ1n) is 10.5. The standard InChI is InChI=1S/C26H24O5S/c27-24-6-2-3-7-25(24)32(29,30)23-14-12-22(13-15-23)31-21-10-8-20(9-11-21)16-19-26(28)17-4-1-5-18-26/h2-3,6-15,27-28H,1,4-5,17-18H2. The zero-order valence-electron chi connectivity index (χ0n) is 17.5. The van der Waals surface area contributed by atoms with Crippen LogP contribution in [0.3, 0.4) is 0 Å². The lowest BCUT2D eigenvalue weighted by Gasteiger charge is -2.26. The smallest absolute Gasteiger partial charge is 0.210 e. The lowest BCUT2D eigenvalue weighted by Crippen LogP contribution is -2.29. The predicted octanol–water partition coefficient (Wildman–Crippen LogP) is 5.06. The Balaban J connectivity index is 1.45. The number of hydrogen-bond acceptors (Lipinski definition) is 5. The second-order valence-corrected chi connectivity index (χ2v) is 9.83. The van der Waals surface area contributed by atoms with Crippen molar-refractivity contribution in [3.05, 3.63) is 78.4 Å². The molecule has 5 nitrogen and oxygen atoms in total. The summed E-state index contributed by atoms with van der Waals surface area (Å²) in [5, 5.41) is 20.4. The predicted molar refractivity (Wildman–Crippen MR) is 121 cm³/mol. The average molecular weight is 449 g/mol. The van der Waals surface area contributed by atoms with E-state index in [-0.39, 0.29) is 15.5 Å². The summed E-state index contributed by atoms with van der Waals surface area (Å²) in [6.07, 6.45) is 4.60. The molecule has 3 aromatic rings. The molecule has 0 aromatic heterocycles. The van der Waals surface area contributed by atoms with Crippen molar-refractivity contribution in [3.63, 3.8) is 0 Å². The minimum Gasteiger partial charge on any atom is -0.507 e. The molecular weight excluding hydrogens is 424 g/mol. The highest BCUT2D eigenvalue weighted by Crippen LogP contribution is 2.30. The maximum absolute atomic E-state index is 12.7. The van der Waals surface area contributed by atoms with E-state index >= 15 is 0 Å². The topological polar surface area (TPSA) is 83.8 Å². The van der Waals surface area contributed by atoms with Gasteiger partial charge in [0.25, 0.3) is 0 Å². The summed E-state index contributed by atoms with van der Waals surface area (Å²) in [5.74, 6) is 6.84. The molecule has 0 unspecified atom stereocenters. The fourth-order valence-corrected chi connectivity index (χ4v) is 5.04. The zero-order valence-corrected chi connectivity index (χ0v) is 18.3. The van der Waals surface area contributed by atoms with E-state index in [1.54, 1.807) is 36.4 Å². The number of sulfone groups is 1. The molecule has 1 fully saturated rings. The molecular formula is C26H24O5S. The van der Waals surface area contributed by atoms with Gasteiger partial charge in [-0.25, -0.2) is 8.42 Å². The third-order valence-electron chi connectivity index (χ3n) is 5.50. The summed E-state index contributed by atoms with van der Waals surface area (Å²) in [5.41, 5.74) is -0.0908. The van der Waals surface area contributed by atoms with Gasteiger partial charge in [0, 0.05) is 5.56 Å². The molecule has 2 N–H and O–H groups in total. The van der Waals surface area contributed by atoms with Crippen LogP contribution in [0.2, 0.25) is 0 Å². The van der Waals surface area contributed by atoms with E-state index in [4.69, 9.17) is 4.74 Å². The highest BCUT2D eigenvalue weighted by molar-refractivity contribution is 7.91. The third kappa shape index (κ3) is 4.96. The molecule has 0 aliphatic heterocycles. The number of phenolic OH excluding ortho intramolecular Hbond substituents is 1. The molecule has 0 heterocycles. The Morgan fingerprint density at radius 2 is 1.41 bits per heavy atom. The number of ether oxygens (including phenoxy) is 1. The van der Waals surface area contributed by atoms with Gasteiger partial charge in [-0.3, -0.25) is 0 Å². The van der Waals surface area contributed by atoms with E-state index in [0.29, 0.717) is 11.5 Å². The van der Waals surface area contributed by atoms with Crippen LogP contribution in [0.25, 0.3) is 0 Å². The second kappa shape index (κ2) is 9.07. The van der Waals surface area contributed by atoms with Gasteiger partial charge in [-0.05, 0) is 86.3 Å². The number of para-hydroxylation sites is 1. The monoisotopic (exact) mass is 448 g/mol. The molecule has 0 radical (unpaired) electrons. The Morgan fingerprint density at radius 1 is 0.812 bits per heavy atom. The van der Waals surface area contributed by atoms with Gasteiger partial charge in [0.05, 0.1) is 4.90 Å². The van der Waals surface area contributed by atoms with Crippen LogP contribution in [0, 0.1) is 11.8 Å². The van der Waals surface area contributed by atoms with Crippen LogP contribution < -0.4 is 4.74 Å². The molecule has 164 valence electrons. The molecule has 0 spiro atoms. The van der Waals surface area contributed by atoms with E-state index in [9.17, 15) is 18.6 Å². The minimum absolute atomic E-state index is 0.0672. The number of benzene rings is 3. The Hall–Kier alpha value is -3.27. The van der Waals surface area contributed by atoms with Crippen LogP contribution in [0.5, 0.6) is 17.2 Å². The molecule has 32 heavy (non-hydrogen) atoms. The fourth-order valence-electron chi connectivity index (χ4n) is 3.69. The quantitative estimate of drug-likeness (QED) is 0.545. The minimum atomic E-state index is -3.83. The molecule has 0 saturated heterocycles. The average Bonchev–Trinajstić information content (AvgIpc) is 2.80. The van der Waals surface area contributed by atoms with Gasteiger partial charge in [0.2, 0.25) is 9.84 Å². The van der Waals surface area contributed by atoms with Crippen molar-refractivity contribution in [1.82, 2.24) is 0 Å². The molecule has 1 saturated carbocycles. The molecule has 0 amide bonds. The van der Waals surface area contributed by atoms with Crippen LogP contribution in [-0.2, 0) is 9.84 Å². The molecule has 1 aliphatic rings. The molecule has 4 rings (SSSR count). The van der Waals surface area contributed by atoms with Crippen molar-refractivity contribution in [2.45, 2.75) is 47.5 Å². The van der Waals surface area contributed by atoms with Crippen molar-refractivity contribution in [3.8, 4) is 29.1 Å². The van der Waals surface area contributed by atoms with Crippen molar-refractivity contribution in [2.75, 3.05) is 0 Å². The highest BCUT2D eigenvalue weighted by Gasteiger charge is 2.26. The second-order valence-electron chi connectivity index (χ2n) is 7.91. The zero-order chi connectivity index (χ0) is 22.6. The maximum atomic E-state index is 12.7. The molecule has 3 aromatic carbocycles. The first-order valence-corrected chi connectivity index (χ1v) is 12.0. The summed E-state index contributed by atoms with van der Waals surface area (Å²) >= 11 is 0. The largest absolute Gasteiger partial charge is 0.507 e. The van der Waals surface area contributed by atoms with Gasteiger partial charge >= 0.3 is 0 Å². The summed E-state index contributed by atoms with van der Waals surface area (Å²) in [6, 6.07) is 19.1. The van der Waals surface area contributed by atoms with Crippen molar-refractivity contribution in [1.29, 1.82) is 0 Å². The number of phenols is 1. The van der Waals surface area contributed by atoms with E-state index in [0.717, 1.165) is 37.7 Å².